The minimum atomic E-state index is -0.434. The van der Waals surface area contributed by atoms with E-state index in [0.717, 1.165) is 0 Å². The SMILES string of the molecule is Cc1cc(=O)[nH]c(CNC(=O)c2cc3c(Cl)nccc3o2)n1. The summed E-state index contributed by atoms with van der Waals surface area (Å²) in [6, 6.07) is 4.52. The number of nitrogens with one attached hydrogen (secondary N) is 2. The van der Waals surface area contributed by atoms with E-state index in [1.54, 1.807) is 13.0 Å². The largest absolute Gasteiger partial charge is 0.451 e. The Hall–Kier alpha value is -2.67. The summed E-state index contributed by atoms with van der Waals surface area (Å²) >= 11 is 5.93. The molecule has 0 fully saturated rings. The fourth-order valence-electron chi connectivity index (χ4n) is 2.02. The number of aromatic nitrogens is 3. The number of hydrogen-bond acceptors (Lipinski definition) is 5. The van der Waals surface area contributed by atoms with Gasteiger partial charge in [-0.05, 0) is 13.0 Å². The molecule has 22 heavy (non-hydrogen) atoms. The molecule has 3 aromatic rings. The summed E-state index contributed by atoms with van der Waals surface area (Å²) < 4.78 is 5.42. The number of halogens is 1. The third-order valence-corrected chi connectivity index (χ3v) is 3.26. The molecule has 0 atom stereocenters. The van der Waals surface area contributed by atoms with Crippen molar-refractivity contribution in [3.63, 3.8) is 0 Å². The second-order valence-electron chi connectivity index (χ2n) is 4.64. The summed E-state index contributed by atoms with van der Waals surface area (Å²) in [4.78, 5) is 34.0. The molecular formula is C14H11ClN4O3. The van der Waals surface area contributed by atoms with Gasteiger partial charge in [-0.1, -0.05) is 11.6 Å². The van der Waals surface area contributed by atoms with Crippen LogP contribution in [0.25, 0.3) is 11.0 Å². The second kappa shape index (κ2) is 5.61. The van der Waals surface area contributed by atoms with Gasteiger partial charge in [-0.2, -0.15) is 0 Å². The molecule has 0 unspecified atom stereocenters. The second-order valence-corrected chi connectivity index (χ2v) is 5.00. The molecule has 3 heterocycles. The van der Waals surface area contributed by atoms with E-state index < -0.39 is 5.91 Å². The van der Waals surface area contributed by atoms with Crippen LogP contribution in [0.4, 0.5) is 0 Å². The summed E-state index contributed by atoms with van der Waals surface area (Å²) in [6.07, 6.45) is 1.50. The molecular weight excluding hydrogens is 308 g/mol. The van der Waals surface area contributed by atoms with Crippen molar-refractivity contribution in [3.8, 4) is 0 Å². The van der Waals surface area contributed by atoms with Crippen LogP contribution in [-0.4, -0.2) is 20.9 Å². The number of fused-ring (bicyclic) bond motifs is 1. The Morgan fingerprint density at radius 1 is 1.45 bits per heavy atom. The maximum atomic E-state index is 12.1. The number of furan rings is 1. The monoisotopic (exact) mass is 318 g/mol. The third kappa shape index (κ3) is 2.84. The van der Waals surface area contributed by atoms with Crippen molar-refractivity contribution in [2.45, 2.75) is 13.5 Å². The predicted octanol–water partition coefficient (Wildman–Crippen LogP) is 1.80. The van der Waals surface area contributed by atoms with E-state index in [9.17, 15) is 9.59 Å². The van der Waals surface area contributed by atoms with Crippen molar-refractivity contribution < 1.29 is 9.21 Å². The number of aryl methyl sites for hydroxylation is 1. The molecule has 0 saturated carbocycles. The molecule has 0 aliphatic rings. The number of H-pyrrole nitrogens is 1. The van der Waals surface area contributed by atoms with Gasteiger partial charge in [0, 0.05) is 24.0 Å². The van der Waals surface area contributed by atoms with E-state index in [2.05, 4.69) is 20.3 Å². The van der Waals surface area contributed by atoms with Crippen molar-refractivity contribution >= 4 is 28.5 Å². The molecule has 0 bridgehead atoms. The van der Waals surface area contributed by atoms with Gasteiger partial charge < -0.3 is 14.7 Å². The van der Waals surface area contributed by atoms with E-state index >= 15 is 0 Å². The van der Waals surface area contributed by atoms with Crippen LogP contribution in [0.1, 0.15) is 22.1 Å². The molecule has 112 valence electrons. The van der Waals surface area contributed by atoms with Gasteiger partial charge in [-0.25, -0.2) is 9.97 Å². The van der Waals surface area contributed by atoms with Crippen LogP contribution in [0.2, 0.25) is 5.15 Å². The molecule has 7 nitrogen and oxygen atoms in total. The van der Waals surface area contributed by atoms with E-state index in [-0.39, 0.29) is 23.0 Å². The molecule has 0 saturated heterocycles. The highest BCUT2D eigenvalue weighted by atomic mass is 35.5. The quantitative estimate of drug-likeness (QED) is 0.717. The minimum Gasteiger partial charge on any atom is -0.451 e. The van der Waals surface area contributed by atoms with Crippen LogP contribution in [-0.2, 0) is 6.54 Å². The van der Waals surface area contributed by atoms with Crippen LogP contribution in [0.15, 0.2) is 33.6 Å². The lowest BCUT2D eigenvalue weighted by Gasteiger charge is -2.03. The third-order valence-electron chi connectivity index (χ3n) is 2.96. The summed E-state index contributed by atoms with van der Waals surface area (Å²) in [7, 11) is 0. The maximum Gasteiger partial charge on any atom is 0.287 e. The molecule has 1 amide bonds. The van der Waals surface area contributed by atoms with Crippen molar-refractivity contribution in [1.29, 1.82) is 0 Å². The first-order chi connectivity index (χ1) is 10.5. The summed E-state index contributed by atoms with van der Waals surface area (Å²) in [5.41, 5.74) is 0.792. The molecule has 0 aromatic carbocycles. The highest BCUT2D eigenvalue weighted by Gasteiger charge is 2.14. The Labute approximate surface area is 129 Å². The number of carbonyl (C=O) groups is 1. The Balaban J connectivity index is 1.78. The molecule has 0 radical (unpaired) electrons. The number of nitrogens with zero attached hydrogens (tertiary/aromatic N) is 2. The van der Waals surface area contributed by atoms with Gasteiger partial charge in [0.2, 0.25) is 0 Å². The number of amides is 1. The predicted molar refractivity (Wildman–Crippen MR) is 79.8 cm³/mol. The lowest BCUT2D eigenvalue weighted by molar-refractivity contribution is 0.0924. The normalized spacial score (nSPS) is 10.8. The maximum absolute atomic E-state index is 12.1. The zero-order chi connectivity index (χ0) is 15.7. The van der Waals surface area contributed by atoms with Crippen molar-refractivity contribution in [2.75, 3.05) is 0 Å². The van der Waals surface area contributed by atoms with Gasteiger partial charge in [-0.3, -0.25) is 9.59 Å². The smallest absolute Gasteiger partial charge is 0.287 e. The van der Waals surface area contributed by atoms with E-state index in [1.165, 1.54) is 18.3 Å². The number of pyridine rings is 1. The molecule has 2 N–H and O–H groups in total. The highest BCUT2D eigenvalue weighted by Crippen LogP contribution is 2.24. The molecule has 3 rings (SSSR count). The Kier molecular flexibility index (Phi) is 3.64. The first-order valence-electron chi connectivity index (χ1n) is 6.42. The van der Waals surface area contributed by atoms with Gasteiger partial charge in [0.1, 0.15) is 16.6 Å². The Morgan fingerprint density at radius 3 is 3.00 bits per heavy atom. The van der Waals surface area contributed by atoms with Crippen molar-refractivity contribution in [1.82, 2.24) is 20.3 Å². The summed E-state index contributed by atoms with van der Waals surface area (Å²) in [5.74, 6) is 0.0467. The van der Waals surface area contributed by atoms with E-state index in [0.29, 0.717) is 22.5 Å². The Bertz CT molecular complexity index is 916. The van der Waals surface area contributed by atoms with E-state index in [1.807, 2.05) is 0 Å². The van der Waals surface area contributed by atoms with Gasteiger partial charge >= 0.3 is 0 Å². The fraction of sp³-hybridized carbons (Fsp3) is 0.143. The van der Waals surface area contributed by atoms with Crippen LogP contribution in [0.5, 0.6) is 0 Å². The van der Waals surface area contributed by atoms with Crippen molar-refractivity contribution in [3.05, 3.63) is 57.2 Å². The van der Waals surface area contributed by atoms with Crippen molar-refractivity contribution in [2.24, 2.45) is 0 Å². The number of rotatable bonds is 3. The molecule has 3 aromatic heterocycles. The van der Waals surface area contributed by atoms with Crippen LogP contribution >= 0.6 is 11.6 Å². The molecule has 0 aliphatic heterocycles. The molecule has 0 aliphatic carbocycles. The van der Waals surface area contributed by atoms with Crippen LogP contribution in [0.3, 0.4) is 0 Å². The number of aromatic amines is 1. The van der Waals surface area contributed by atoms with E-state index in [4.69, 9.17) is 16.0 Å². The van der Waals surface area contributed by atoms with Gasteiger partial charge in [0.25, 0.3) is 11.5 Å². The minimum absolute atomic E-state index is 0.0821. The topological polar surface area (TPSA) is 101 Å². The van der Waals surface area contributed by atoms with Gasteiger partial charge in [-0.15, -0.1) is 0 Å². The Morgan fingerprint density at radius 2 is 2.27 bits per heavy atom. The highest BCUT2D eigenvalue weighted by molar-refractivity contribution is 6.34. The fourth-order valence-corrected chi connectivity index (χ4v) is 2.22. The first-order valence-corrected chi connectivity index (χ1v) is 6.80. The molecule has 0 spiro atoms. The summed E-state index contributed by atoms with van der Waals surface area (Å²) in [6.45, 7) is 1.79. The van der Waals surface area contributed by atoms with Crippen LogP contribution < -0.4 is 10.9 Å². The number of carbonyl (C=O) groups excluding carboxylic acids is 1. The van der Waals surface area contributed by atoms with Gasteiger partial charge in [0.15, 0.2) is 5.76 Å². The lowest BCUT2D eigenvalue weighted by atomic mass is 10.3. The first kappa shape index (κ1) is 14.3. The van der Waals surface area contributed by atoms with Crippen LogP contribution in [0, 0.1) is 6.92 Å². The zero-order valence-corrected chi connectivity index (χ0v) is 12.3. The molecule has 8 heteroatoms. The lowest BCUT2D eigenvalue weighted by Crippen LogP contribution is -2.25. The zero-order valence-electron chi connectivity index (χ0n) is 11.5. The summed E-state index contributed by atoms with van der Waals surface area (Å²) in [5, 5.41) is 3.46. The van der Waals surface area contributed by atoms with Gasteiger partial charge in [0.05, 0.1) is 11.9 Å². The number of hydrogen-bond donors (Lipinski definition) is 2. The average Bonchev–Trinajstić information content (AvgIpc) is 2.89. The average molecular weight is 319 g/mol. The standard InChI is InChI=1S/C14H11ClN4O3/c1-7-4-12(20)19-11(18-7)6-17-14(21)10-5-8-9(22-10)2-3-16-13(8)15/h2-5H,6H2,1H3,(H,17,21)(H,18,19,20).